The number of rotatable bonds is 7. The molecule has 1 aromatic carbocycles. The van der Waals surface area contributed by atoms with E-state index in [0.717, 1.165) is 10.1 Å². The van der Waals surface area contributed by atoms with Crippen molar-refractivity contribution in [3.63, 3.8) is 0 Å². The number of aliphatic imine (C=N–C) groups is 2. The maximum Gasteiger partial charge on any atom is 0.246 e. The fraction of sp³-hybridized carbons (Fsp3) is 0.444. The number of nitrogens with one attached hydrogen (secondary N) is 2. The molecule has 0 heterocycles. The quantitative estimate of drug-likeness (QED) is 0.272. The van der Waals surface area contributed by atoms with Gasteiger partial charge in [-0.1, -0.05) is 6.07 Å². The smallest absolute Gasteiger partial charge is 0.246 e. The highest BCUT2D eigenvalue weighted by molar-refractivity contribution is 7.89. The number of hydrogen-bond acceptors (Lipinski definition) is 6. The summed E-state index contributed by atoms with van der Waals surface area (Å²) in [5, 5.41) is 16.5. The van der Waals surface area contributed by atoms with Crippen molar-refractivity contribution in [3.05, 3.63) is 30.0 Å². The van der Waals surface area contributed by atoms with Crippen LogP contribution < -0.4 is 10.6 Å². The molecule has 0 bridgehead atoms. The van der Waals surface area contributed by atoms with E-state index in [1.807, 2.05) is 19.9 Å². The summed E-state index contributed by atoms with van der Waals surface area (Å²) in [4.78, 5) is 8.13. The van der Waals surface area contributed by atoms with Crippen LogP contribution in [0.5, 0.6) is 5.75 Å². The minimum absolute atomic E-state index is 0.197. The van der Waals surface area contributed by atoms with Gasteiger partial charge in [-0.05, 0) is 32.1 Å². The number of ether oxygens (including phenoxy) is 1. The lowest BCUT2D eigenvalue weighted by Crippen LogP contribution is -2.37. The molecule has 9 nitrogen and oxygen atoms in total. The van der Waals surface area contributed by atoms with Gasteiger partial charge in [0.2, 0.25) is 10.0 Å². The van der Waals surface area contributed by atoms with Crippen molar-refractivity contribution in [2.75, 3.05) is 46.7 Å². The molecular weight excluding hydrogens is 382 g/mol. The summed E-state index contributed by atoms with van der Waals surface area (Å²) in [5.74, 6) is 1.13. The van der Waals surface area contributed by atoms with Crippen LogP contribution in [-0.4, -0.2) is 70.8 Å². The van der Waals surface area contributed by atoms with E-state index in [9.17, 15) is 13.5 Å². The second-order valence-corrected chi connectivity index (χ2v) is 7.87. The van der Waals surface area contributed by atoms with Gasteiger partial charge in [-0.25, -0.2) is 12.7 Å². The van der Waals surface area contributed by atoms with Gasteiger partial charge in [0.15, 0.2) is 17.4 Å². The first-order chi connectivity index (χ1) is 13.2. The Hall–Kier alpha value is -2.59. The summed E-state index contributed by atoms with van der Waals surface area (Å²) in [6.45, 7) is 4.72. The molecule has 0 saturated carbocycles. The number of aromatic hydroxyl groups is 1. The summed E-state index contributed by atoms with van der Waals surface area (Å²) in [6, 6.07) is 4.43. The second-order valence-electron chi connectivity index (χ2n) is 5.75. The van der Waals surface area contributed by atoms with Gasteiger partial charge >= 0.3 is 0 Å². The number of hydrogen-bond donors (Lipinski definition) is 3. The van der Waals surface area contributed by atoms with Crippen molar-refractivity contribution in [2.45, 2.75) is 18.7 Å². The van der Waals surface area contributed by atoms with Crippen LogP contribution in [0.25, 0.3) is 0 Å². The summed E-state index contributed by atoms with van der Waals surface area (Å²) in [7, 11) is 2.16. The van der Waals surface area contributed by atoms with Crippen LogP contribution in [0.4, 0.5) is 5.69 Å². The van der Waals surface area contributed by atoms with Gasteiger partial charge < -0.3 is 20.5 Å². The molecule has 156 valence electrons. The molecule has 10 heteroatoms. The molecule has 0 unspecified atom stereocenters. The maximum absolute atomic E-state index is 12.4. The molecule has 1 aromatic rings. The molecule has 28 heavy (non-hydrogen) atoms. The van der Waals surface area contributed by atoms with Gasteiger partial charge in [0.05, 0.1) is 18.8 Å². The first-order valence-electron chi connectivity index (χ1n) is 8.70. The molecule has 0 aliphatic heterocycles. The standard InChI is InChI=1S/C18H29N5O4S/c1-7-13(27-8-2)12-21-17(19-3)18(20-4)22-14-10-9-11-15(16(14)24)28(25,26)23(5)6/h7,9-11,24H,8,12H2,1-6H3,(H,19,21)(H,20,22)/b13-7-. The highest BCUT2D eigenvalue weighted by atomic mass is 32.2. The van der Waals surface area contributed by atoms with E-state index in [-0.39, 0.29) is 10.6 Å². The predicted octanol–water partition coefficient (Wildman–Crippen LogP) is 1.64. The third-order valence-electron chi connectivity index (χ3n) is 3.76. The van der Waals surface area contributed by atoms with E-state index in [0.29, 0.717) is 24.8 Å². The Balaban J connectivity index is 3.11. The SMILES string of the molecule is C/C=C(/CNC(=NC)C(=NC)Nc1cccc(S(=O)(=O)N(C)C)c1O)OCC. The number of amidine groups is 2. The number of nitrogens with zero attached hydrogens (tertiary/aromatic N) is 3. The van der Waals surface area contributed by atoms with Crippen molar-refractivity contribution >= 4 is 27.4 Å². The molecule has 0 spiro atoms. The van der Waals surface area contributed by atoms with Crippen LogP contribution in [0, 0.1) is 0 Å². The average molecular weight is 412 g/mol. The van der Waals surface area contributed by atoms with Crippen molar-refractivity contribution < 1.29 is 18.3 Å². The van der Waals surface area contributed by atoms with Crippen LogP contribution in [0.15, 0.2) is 44.9 Å². The predicted molar refractivity (Wildman–Crippen MR) is 113 cm³/mol. The highest BCUT2D eigenvalue weighted by Gasteiger charge is 2.23. The van der Waals surface area contributed by atoms with Crippen LogP contribution in [0.1, 0.15) is 13.8 Å². The van der Waals surface area contributed by atoms with E-state index in [2.05, 4.69) is 20.6 Å². The van der Waals surface area contributed by atoms with Crippen molar-refractivity contribution in [1.29, 1.82) is 0 Å². The van der Waals surface area contributed by atoms with Crippen molar-refractivity contribution in [3.8, 4) is 5.75 Å². The number of phenolic OH excluding ortho intramolecular Hbond substituents is 1. The average Bonchev–Trinajstić information content (AvgIpc) is 2.67. The normalized spacial score (nSPS) is 13.6. The summed E-state index contributed by atoms with van der Waals surface area (Å²) >= 11 is 0. The van der Waals surface area contributed by atoms with Crippen molar-refractivity contribution in [1.82, 2.24) is 9.62 Å². The number of allylic oxidation sites excluding steroid dienone is 1. The van der Waals surface area contributed by atoms with Gasteiger partial charge in [0.1, 0.15) is 10.7 Å². The summed E-state index contributed by atoms with van der Waals surface area (Å²) in [5.41, 5.74) is 0.197. The van der Waals surface area contributed by atoms with E-state index in [1.54, 1.807) is 20.2 Å². The molecule has 0 radical (unpaired) electrons. The highest BCUT2D eigenvalue weighted by Crippen LogP contribution is 2.32. The molecule has 0 aliphatic rings. The van der Waals surface area contributed by atoms with Gasteiger partial charge in [-0.15, -0.1) is 0 Å². The molecule has 0 amide bonds. The Morgan fingerprint density at radius 2 is 1.89 bits per heavy atom. The number of anilines is 1. The summed E-state index contributed by atoms with van der Waals surface area (Å²) < 4.78 is 31.3. The Bertz CT molecular complexity index is 861. The first-order valence-corrected chi connectivity index (χ1v) is 10.1. The monoisotopic (exact) mass is 411 g/mol. The third kappa shape index (κ3) is 5.70. The van der Waals surface area contributed by atoms with Gasteiger partial charge in [0, 0.05) is 28.2 Å². The molecule has 0 saturated heterocycles. The molecule has 3 N–H and O–H groups in total. The molecule has 0 aliphatic carbocycles. The van der Waals surface area contributed by atoms with E-state index < -0.39 is 15.8 Å². The largest absolute Gasteiger partial charge is 0.504 e. The van der Waals surface area contributed by atoms with E-state index in [1.165, 1.54) is 26.2 Å². The third-order valence-corrected chi connectivity index (χ3v) is 5.61. The number of sulfonamides is 1. The molecule has 0 atom stereocenters. The number of phenols is 1. The topological polar surface area (TPSA) is 116 Å². The van der Waals surface area contributed by atoms with Crippen LogP contribution in [0.2, 0.25) is 0 Å². The van der Waals surface area contributed by atoms with Crippen LogP contribution in [0.3, 0.4) is 0 Å². The molecular formula is C18H29N5O4S. The lowest BCUT2D eigenvalue weighted by molar-refractivity contribution is 0.223. The zero-order valence-electron chi connectivity index (χ0n) is 17.1. The van der Waals surface area contributed by atoms with E-state index >= 15 is 0 Å². The fourth-order valence-corrected chi connectivity index (χ4v) is 3.24. The minimum Gasteiger partial charge on any atom is -0.504 e. The fourth-order valence-electron chi connectivity index (χ4n) is 2.24. The Morgan fingerprint density at radius 3 is 2.39 bits per heavy atom. The molecule has 0 fully saturated rings. The second kappa shape index (κ2) is 10.7. The van der Waals surface area contributed by atoms with Crippen LogP contribution >= 0.6 is 0 Å². The van der Waals surface area contributed by atoms with Gasteiger partial charge in [-0.3, -0.25) is 9.98 Å². The Kier molecular flexibility index (Phi) is 8.93. The molecule has 0 aromatic heterocycles. The minimum atomic E-state index is -3.80. The van der Waals surface area contributed by atoms with Gasteiger partial charge in [0.25, 0.3) is 0 Å². The van der Waals surface area contributed by atoms with E-state index in [4.69, 9.17) is 4.74 Å². The zero-order valence-corrected chi connectivity index (χ0v) is 18.0. The Labute approximate surface area is 166 Å². The Morgan fingerprint density at radius 1 is 1.25 bits per heavy atom. The lowest BCUT2D eigenvalue weighted by atomic mass is 10.3. The zero-order chi connectivity index (χ0) is 21.3. The number of benzene rings is 1. The first kappa shape index (κ1) is 23.4. The van der Waals surface area contributed by atoms with Crippen molar-refractivity contribution in [2.24, 2.45) is 9.98 Å². The summed E-state index contributed by atoms with van der Waals surface area (Å²) in [6.07, 6.45) is 1.85. The molecule has 1 rings (SSSR count). The lowest BCUT2D eigenvalue weighted by Gasteiger charge is -2.18. The van der Waals surface area contributed by atoms with Gasteiger partial charge in [-0.2, -0.15) is 0 Å². The maximum atomic E-state index is 12.4. The van der Waals surface area contributed by atoms with Crippen LogP contribution in [-0.2, 0) is 14.8 Å². The number of para-hydroxylation sites is 1.